The maximum Gasteiger partial charge on any atom is 0.119 e. The van der Waals surface area contributed by atoms with Gasteiger partial charge in [-0.2, -0.15) is 0 Å². The molecule has 0 aliphatic heterocycles. The summed E-state index contributed by atoms with van der Waals surface area (Å²) in [5.74, 6) is 0. The maximum atomic E-state index is 10.3. The first kappa shape index (κ1) is 13.0. The Kier molecular flexibility index (Phi) is 5.86. The maximum absolute atomic E-state index is 10.3. The van der Waals surface area contributed by atoms with Crippen molar-refractivity contribution in [2.24, 2.45) is 0 Å². The Labute approximate surface area is 97.8 Å². The van der Waals surface area contributed by atoms with Crippen LogP contribution in [0.1, 0.15) is 44.3 Å². The Morgan fingerprint density at radius 1 is 1.56 bits per heavy atom. The van der Waals surface area contributed by atoms with Crippen LogP contribution in [0.4, 0.5) is 0 Å². The van der Waals surface area contributed by atoms with Crippen LogP contribution in [0.15, 0.2) is 18.3 Å². The summed E-state index contributed by atoms with van der Waals surface area (Å²) in [5, 5.41) is 3.33. The van der Waals surface area contributed by atoms with Gasteiger partial charge in [0, 0.05) is 30.9 Å². The summed E-state index contributed by atoms with van der Waals surface area (Å²) in [6.45, 7) is 3.25. The molecule has 0 amide bonds. The van der Waals surface area contributed by atoms with E-state index >= 15 is 0 Å². The smallest absolute Gasteiger partial charge is 0.119 e. The molecule has 3 nitrogen and oxygen atoms in total. The molecule has 1 unspecified atom stereocenters. The normalized spacial score (nSPS) is 12.6. The lowest BCUT2D eigenvalue weighted by Crippen LogP contribution is -2.19. The molecule has 0 saturated carbocycles. The van der Waals surface area contributed by atoms with Crippen molar-refractivity contribution in [1.29, 1.82) is 0 Å². The fraction of sp³-hybridized carbons (Fsp3) is 0.615. The summed E-state index contributed by atoms with van der Waals surface area (Å²) in [7, 11) is 1.98. The fourth-order valence-corrected chi connectivity index (χ4v) is 2.03. The first-order valence-corrected chi connectivity index (χ1v) is 6.09. The van der Waals surface area contributed by atoms with Crippen LogP contribution in [-0.2, 0) is 11.3 Å². The van der Waals surface area contributed by atoms with Crippen LogP contribution in [0.5, 0.6) is 0 Å². The van der Waals surface area contributed by atoms with E-state index in [0.717, 1.165) is 32.1 Å². The van der Waals surface area contributed by atoms with E-state index in [4.69, 9.17) is 0 Å². The van der Waals surface area contributed by atoms with Crippen LogP contribution in [0.3, 0.4) is 0 Å². The highest BCUT2D eigenvalue weighted by molar-refractivity contribution is 5.48. The highest BCUT2D eigenvalue weighted by atomic mass is 16.1. The van der Waals surface area contributed by atoms with E-state index in [2.05, 4.69) is 35.1 Å². The lowest BCUT2D eigenvalue weighted by atomic mass is 10.1. The van der Waals surface area contributed by atoms with Gasteiger partial charge in [0.2, 0.25) is 0 Å². The topological polar surface area (TPSA) is 34.0 Å². The van der Waals surface area contributed by atoms with Crippen LogP contribution < -0.4 is 5.32 Å². The molecule has 1 aromatic heterocycles. The van der Waals surface area contributed by atoms with Gasteiger partial charge in [0.1, 0.15) is 6.29 Å². The number of hydrogen-bond donors (Lipinski definition) is 1. The fourth-order valence-electron chi connectivity index (χ4n) is 2.03. The van der Waals surface area contributed by atoms with Crippen molar-refractivity contribution in [2.75, 3.05) is 7.05 Å². The zero-order chi connectivity index (χ0) is 11.8. The monoisotopic (exact) mass is 222 g/mol. The van der Waals surface area contributed by atoms with Gasteiger partial charge in [-0.1, -0.05) is 6.92 Å². The average molecular weight is 222 g/mol. The van der Waals surface area contributed by atoms with Gasteiger partial charge in [0.05, 0.1) is 0 Å². The summed E-state index contributed by atoms with van der Waals surface area (Å²) < 4.78 is 2.29. The van der Waals surface area contributed by atoms with Gasteiger partial charge in [-0.3, -0.25) is 0 Å². The van der Waals surface area contributed by atoms with Crippen LogP contribution in [0.25, 0.3) is 0 Å². The Bertz CT molecular complexity index is 307. The molecule has 0 aliphatic carbocycles. The molecule has 90 valence electrons. The SMILES string of the molecule is CCCn1cccc1C(CCCC=O)NC. The molecular weight excluding hydrogens is 200 g/mol. The molecule has 1 heterocycles. The molecule has 0 bridgehead atoms. The molecule has 16 heavy (non-hydrogen) atoms. The third-order valence-corrected chi connectivity index (χ3v) is 2.85. The Hall–Kier alpha value is -1.09. The van der Waals surface area contributed by atoms with E-state index in [9.17, 15) is 4.79 Å². The Balaban J connectivity index is 2.62. The molecule has 0 fully saturated rings. The number of nitrogens with one attached hydrogen (secondary N) is 1. The third kappa shape index (κ3) is 3.49. The minimum absolute atomic E-state index is 0.362. The molecule has 1 atom stereocenters. The summed E-state index contributed by atoms with van der Waals surface area (Å²) >= 11 is 0. The van der Waals surface area contributed by atoms with Gasteiger partial charge >= 0.3 is 0 Å². The number of carbonyl (C=O) groups excluding carboxylic acids is 1. The number of hydrogen-bond acceptors (Lipinski definition) is 2. The highest BCUT2D eigenvalue weighted by Gasteiger charge is 2.12. The van der Waals surface area contributed by atoms with Crippen LogP contribution in [-0.4, -0.2) is 17.9 Å². The van der Waals surface area contributed by atoms with Crippen molar-refractivity contribution in [2.45, 2.75) is 45.2 Å². The van der Waals surface area contributed by atoms with E-state index in [0.29, 0.717) is 12.5 Å². The van der Waals surface area contributed by atoms with Crippen LogP contribution in [0, 0.1) is 0 Å². The second-order valence-corrected chi connectivity index (χ2v) is 4.07. The first-order valence-electron chi connectivity index (χ1n) is 6.09. The molecule has 0 radical (unpaired) electrons. The molecule has 0 spiro atoms. The lowest BCUT2D eigenvalue weighted by Gasteiger charge is -2.18. The second kappa shape index (κ2) is 7.23. The Morgan fingerprint density at radius 3 is 3.00 bits per heavy atom. The standard InChI is InChI=1S/C13H22N2O/c1-3-9-15-10-6-8-13(15)12(14-2)7-4-5-11-16/h6,8,10-12,14H,3-5,7,9H2,1-2H3. The number of rotatable bonds is 8. The molecular formula is C13H22N2O. The van der Waals surface area contributed by atoms with Gasteiger partial charge in [-0.25, -0.2) is 0 Å². The Morgan fingerprint density at radius 2 is 2.38 bits per heavy atom. The molecule has 1 aromatic rings. The van der Waals surface area contributed by atoms with Crippen LogP contribution in [0.2, 0.25) is 0 Å². The summed E-state index contributed by atoms with van der Waals surface area (Å²) in [6.07, 6.45) is 6.90. The highest BCUT2D eigenvalue weighted by Crippen LogP contribution is 2.19. The van der Waals surface area contributed by atoms with E-state index in [1.165, 1.54) is 5.69 Å². The number of carbonyl (C=O) groups is 1. The minimum atomic E-state index is 0.362. The quantitative estimate of drug-likeness (QED) is 0.541. The molecule has 0 saturated heterocycles. The van der Waals surface area contributed by atoms with Gasteiger partial charge in [-0.15, -0.1) is 0 Å². The zero-order valence-electron chi connectivity index (χ0n) is 10.3. The van der Waals surface area contributed by atoms with E-state index in [-0.39, 0.29) is 0 Å². The summed E-state index contributed by atoms with van der Waals surface area (Å²) in [6, 6.07) is 4.62. The number of aryl methyl sites for hydroxylation is 1. The number of nitrogens with zero attached hydrogens (tertiary/aromatic N) is 1. The van der Waals surface area contributed by atoms with Gasteiger partial charge in [0.15, 0.2) is 0 Å². The van der Waals surface area contributed by atoms with Crippen molar-refractivity contribution >= 4 is 6.29 Å². The number of unbranched alkanes of at least 4 members (excludes halogenated alkanes) is 1. The largest absolute Gasteiger partial charge is 0.350 e. The summed E-state index contributed by atoms with van der Waals surface area (Å²) in [4.78, 5) is 10.3. The van der Waals surface area contributed by atoms with Crippen molar-refractivity contribution in [3.05, 3.63) is 24.0 Å². The van der Waals surface area contributed by atoms with Crippen LogP contribution >= 0.6 is 0 Å². The van der Waals surface area contributed by atoms with Crippen molar-refractivity contribution < 1.29 is 4.79 Å². The zero-order valence-corrected chi connectivity index (χ0v) is 10.3. The predicted molar refractivity (Wildman–Crippen MR) is 66.4 cm³/mol. The van der Waals surface area contributed by atoms with Gasteiger partial charge in [0.25, 0.3) is 0 Å². The lowest BCUT2D eigenvalue weighted by molar-refractivity contribution is -0.107. The number of aldehydes is 1. The van der Waals surface area contributed by atoms with E-state index in [1.54, 1.807) is 0 Å². The van der Waals surface area contributed by atoms with Gasteiger partial charge in [-0.05, 0) is 38.4 Å². The molecule has 0 aromatic carbocycles. The number of aromatic nitrogens is 1. The molecule has 1 N–H and O–H groups in total. The molecule has 1 rings (SSSR count). The molecule has 3 heteroatoms. The second-order valence-electron chi connectivity index (χ2n) is 4.07. The minimum Gasteiger partial charge on any atom is -0.350 e. The first-order chi connectivity index (χ1) is 7.83. The molecule has 0 aliphatic rings. The van der Waals surface area contributed by atoms with Crippen molar-refractivity contribution in [1.82, 2.24) is 9.88 Å². The van der Waals surface area contributed by atoms with Gasteiger partial charge < -0.3 is 14.7 Å². The average Bonchev–Trinajstić information content (AvgIpc) is 2.73. The van der Waals surface area contributed by atoms with Crippen molar-refractivity contribution in [3.8, 4) is 0 Å². The predicted octanol–water partition coefficient (Wildman–Crippen LogP) is 2.53. The summed E-state index contributed by atoms with van der Waals surface area (Å²) in [5.41, 5.74) is 1.33. The van der Waals surface area contributed by atoms with E-state index < -0.39 is 0 Å². The third-order valence-electron chi connectivity index (χ3n) is 2.85. The van der Waals surface area contributed by atoms with E-state index in [1.807, 2.05) is 7.05 Å². The van der Waals surface area contributed by atoms with Crippen molar-refractivity contribution in [3.63, 3.8) is 0 Å².